The lowest BCUT2D eigenvalue weighted by molar-refractivity contribution is -0.136. The van der Waals surface area contributed by atoms with Gasteiger partial charge in [0.25, 0.3) is 11.8 Å². The predicted molar refractivity (Wildman–Crippen MR) is 93.0 cm³/mol. The summed E-state index contributed by atoms with van der Waals surface area (Å²) in [4.78, 5) is 26.9. The van der Waals surface area contributed by atoms with Crippen molar-refractivity contribution in [2.75, 3.05) is 33.1 Å². The second kappa shape index (κ2) is 8.21. The van der Waals surface area contributed by atoms with E-state index in [2.05, 4.69) is 0 Å². The van der Waals surface area contributed by atoms with Crippen molar-refractivity contribution in [1.82, 2.24) is 4.90 Å². The second-order valence-corrected chi connectivity index (χ2v) is 6.21. The number of amides is 2. The largest absolute Gasteiger partial charge is 0.493 e. The Morgan fingerprint density at radius 1 is 1.12 bits per heavy atom. The number of carbonyl (C=O) groups excluding carboxylic acids is 2. The van der Waals surface area contributed by atoms with Crippen molar-refractivity contribution in [1.29, 1.82) is 0 Å². The Morgan fingerprint density at radius 2 is 1.83 bits per heavy atom. The van der Waals surface area contributed by atoms with Crippen molar-refractivity contribution in [2.24, 2.45) is 0 Å². The van der Waals surface area contributed by atoms with Gasteiger partial charge in [-0.1, -0.05) is 13.0 Å². The maximum absolute atomic E-state index is 12.7. The summed E-state index contributed by atoms with van der Waals surface area (Å²) in [6.45, 7) is 2.22. The summed E-state index contributed by atoms with van der Waals surface area (Å²) in [6, 6.07) is 5.13. The second-order valence-electron chi connectivity index (χ2n) is 5.11. The van der Waals surface area contributed by atoms with Crippen LogP contribution in [0.4, 0.5) is 0 Å². The van der Waals surface area contributed by atoms with Gasteiger partial charge < -0.3 is 14.6 Å². The molecule has 130 valence electrons. The van der Waals surface area contributed by atoms with Gasteiger partial charge in [-0.15, -0.1) is 11.8 Å². The molecule has 0 saturated heterocycles. The van der Waals surface area contributed by atoms with E-state index in [1.54, 1.807) is 18.2 Å². The van der Waals surface area contributed by atoms with Crippen LogP contribution in [-0.2, 0) is 9.59 Å². The quantitative estimate of drug-likeness (QED) is 0.721. The van der Waals surface area contributed by atoms with Gasteiger partial charge in [0, 0.05) is 12.3 Å². The van der Waals surface area contributed by atoms with Crippen LogP contribution in [0, 0.1) is 0 Å². The van der Waals surface area contributed by atoms with Crippen molar-refractivity contribution >= 4 is 29.1 Å². The summed E-state index contributed by atoms with van der Waals surface area (Å²) < 4.78 is 10.5. The van der Waals surface area contributed by atoms with E-state index in [0.29, 0.717) is 46.3 Å². The Labute approximate surface area is 145 Å². The first-order valence-corrected chi connectivity index (χ1v) is 8.64. The van der Waals surface area contributed by atoms with Crippen molar-refractivity contribution in [3.8, 4) is 11.5 Å². The van der Waals surface area contributed by atoms with Gasteiger partial charge >= 0.3 is 0 Å². The highest BCUT2D eigenvalue weighted by Gasteiger charge is 2.38. The smallest absolute Gasteiger partial charge is 0.267 e. The molecule has 0 unspecified atom stereocenters. The maximum atomic E-state index is 12.7. The molecular formula is C17H21NO5S. The van der Waals surface area contributed by atoms with Gasteiger partial charge in [0.2, 0.25) is 0 Å². The van der Waals surface area contributed by atoms with Crippen molar-refractivity contribution < 1.29 is 24.2 Å². The molecule has 1 heterocycles. The fourth-order valence-electron chi connectivity index (χ4n) is 2.51. The minimum absolute atomic E-state index is 0.0668. The molecular weight excluding hydrogens is 330 g/mol. The van der Waals surface area contributed by atoms with Crippen LogP contribution in [0.15, 0.2) is 23.1 Å². The molecule has 0 fully saturated rings. The van der Waals surface area contributed by atoms with Crippen LogP contribution < -0.4 is 9.47 Å². The molecule has 7 heteroatoms. The van der Waals surface area contributed by atoms with Crippen LogP contribution in [0.3, 0.4) is 0 Å². The van der Waals surface area contributed by atoms with Gasteiger partial charge in [0.05, 0.1) is 31.3 Å². The van der Waals surface area contributed by atoms with Crippen LogP contribution in [0.25, 0.3) is 5.57 Å². The molecule has 0 aliphatic carbocycles. The van der Waals surface area contributed by atoms with E-state index in [0.717, 1.165) is 0 Å². The number of aliphatic hydroxyl groups is 1. The Morgan fingerprint density at radius 3 is 2.42 bits per heavy atom. The highest BCUT2D eigenvalue weighted by Crippen LogP contribution is 2.38. The number of methoxy groups -OCH3 is 2. The highest BCUT2D eigenvalue weighted by atomic mass is 32.2. The molecule has 0 radical (unpaired) electrons. The molecule has 1 aliphatic heterocycles. The topological polar surface area (TPSA) is 76.1 Å². The number of nitrogens with zero attached hydrogens (tertiary/aromatic N) is 1. The zero-order chi connectivity index (χ0) is 17.7. The fraction of sp³-hybridized carbons (Fsp3) is 0.412. The van der Waals surface area contributed by atoms with Crippen LogP contribution >= 0.6 is 11.8 Å². The van der Waals surface area contributed by atoms with Gasteiger partial charge in [0.1, 0.15) is 0 Å². The zero-order valence-electron chi connectivity index (χ0n) is 14.0. The molecule has 1 N–H and O–H groups in total. The Balaban J connectivity index is 2.51. The molecule has 2 rings (SSSR count). The first-order valence-electron chi connectivity index (χ1n) is 7.65. The SMILES string of the molecule is CCCN1C(=O)C(SCCO)=C(c2ccc(OC)c(OC)c2)C1=O. The summed E-state index contributed by atoms with van der Waals surface area (Å²) in [5.41, 5.74) is 0.956. The number of ether oxygens (including phenoxy) is 2. The zero-order valence-corrected chi connectivity index (χ0v) is 14.8. The molecule has 0 saturated carbocycles. The third-order valence-electron chi connectivity index (χ3n) is 3.58. The van der Waals surface area contributed by atoms with Crippen molar-refractivity contribution in [3.05, 3.63) is 28.7 Å². The molecule has 0 aromatic heterocycles. The Bertz CT molecular complexity index is 671. The molecule has 1 aromatic rings. The van der Waals surface area contributed by atoms with E-state index in [1.807, 2.05) is 6.92 Å². The van der Waals surface area contributed by atoms with Gasteiger partial charge in [0.15, 0.2) is 11.5 Å². The normalized spacial score (nSPS) is 14.6. The molecule has 0 bridgehead atoms. The summed E-state index contributed by atoms with van der Waals surface area (Å²) in [6.07, 6.45) is 0.689. The van der Waals surface area contributed by atoms with Crippen molar-refractivity contribution in [3.63, 3.8) is 0 Å². The summed E-state index contributed by atoms with van der Waals surface area (Å²) >= 11 is 1.20. The van der Waals surface area contributed by atoms with Crippen LogP contribution in [0.2, 0.25) is 0 Å². The van der Waals surface area contributed by atoms with Gasteiger partial charge in [-0.2, -0.15) is 0 Å². The number of hydrogen-bond donors (Lipinski definition) is 1. The Kier molecular flexibility index (Phi) is 6.28. The first kappa shape index (κ1) is 18.4. The third kappa shape index (κ3) is 3.42. The van der Waals surface area contributed by atoms with E-state index in [-0.39, 0.29) is 18.4 Å². The lowest BCUT2D eigenvalue weighted by Crippen LogP contribution is -2.32. The summed E-state index contributed by atoms with van der Waals surface area (Å²) in [5.74, 6) is 0.780. The van der Waals surface area contributed by atoms with Crippen LogP contribution in [-0.4, -0.2) is 54.9 Å². The van der Waals surface area contributed by atoms with E-state index in [4.69, 9.17) is 14.6 Å². The predicted octanol–water partition coefficient (Wildman–Crippen LogP) is 1.92. The number of thioether (sulfide) groups is 1. The minimum atomic E-state index is -0.311. The molecule has 24 heavy (non-hydrogen) atoms. The number of aliphatic hydroxyl groups excluding tert-OH is 1. The lowest BCUT2D eigenvalue weighted by Gasteiger charge is -2.14. The van der Waals surface area contributed by atoms with E-state index in [9.17, 15) is 9.59 Å². The summed E-state index contributed by atoms with van der Waals surface area (Å²) in [7, 11) is 3.05. The molecule has 6 nitrogen and oxygen atoms in total. The minimum Gasteiger partial charge on any atom is -0.493 e. The van der Waals surface area contributed by atoms with Gasteiger partial charge in [-0.3, -0.25) is 14.5 Å². The lowest BCUT2D eigenvalue weighted by atomic mass is 10.1. The first-order chi connectivity index (χ1) is 11.6. The molecule has 0 spiro atoms. The van der Waals surface area contributed by atoms with Crippen LogP contribution in [0.5, 0.6) is 11.5 Å². The molecule has 2 amide bonds. The summed E-state index contributed by atoms with van der Waals surface area (Å²) in [5, 5.41) is 9.07. The Hall–Kier alpha value is -1.99. The third-order valence-corrected chi connectivity index (χ3v) is 4.64. The number of hydrogen-bond acceptors (Lipinski definition) is 6. The standard InChI is InChI=1S/C17H21NO5S/c1-4-7-18-16(20)14(15(17(18)21)24-9-8-19)11-5-6-12(22-2)13(10-11)23-3/h5-6,10,19H,4,7-9H2,1-3H3. The highest BCUT2D eigenvalue weighted by molar-refractivity contribution is 8.04. The number of benzene rings is 1. The maximum Gasteiger partial charge on any atom is 0.267 e. The molecule has 1 aromatic carbocycles. The average Bonchev–Trinajstić information content (AvgIpc) is 2.83. The van der Waals surface area contributed by atoms with Crippen molar-refractivity contribution in [2.45, 2.75) is 13.3 Å². The number of carbonyl (C=O) groups is 2. The average molecular weight is 351 g/mol. The number of rotatable bonds is 8. The van der Waals surface area contributed by atoms with Gasteiger partial charge in [-0.25, -0.2) is 0 Å². The van der Waals surface area contributed by atoms with E-state index >= 15 is 0 Å². The van der Waals surface area contributed by atoms with Crippen LogP contribution in [0.1, 0.15) is 18.9 Å². The molecule has 0 atom stereocenters. The van der Waals surface area contributed by atoms with E-state index < -0.39 is 0 Å². The monoisotopic (exact) mass is 351 g/mol. The van der Waals surface area contributed by atoms with Gasteiger partial charge in [-0.05, 0) is 24.1 Å². The van der Waals surface area contributed by atoms with E-state index in [1.165, 1.54) is 30.9 Å². The number of imide groups is 1. The fourth-order valence-corrected chi connectivity index (χ4v) is 3.39. The molecule has 1 aliphatic rings.